The Morgan fingerprint density at radius 2 is 1.55 bits per heavy atom. The van der Waals surface area contributed by atoms with Crippen molar-refractivity contribution in [3.05, 3.63) is 59.7 Å². The molecule has 98 valence electrons. The van der Waals surface area contributed by atoms with Crippen LogP contribution < -0.4 is 0 Å². The van der Waals surface area contributed by atoms with Crippen LogP contribution in [0.2, 0.25) is 0 Å². The monoisotopic (exact) mass is 301 g/mol. The first-order chi connectivity index (χ1) is 9.80. The van der Waals surface area contributed by atoms with Crippen molar-refractivity contribution in [3.8, 4) is 11.1 Å². The van der Waals surface area contributed by atoms with Crippen LogP contribution in [0, 0.1) is 6.07 Å². The standard InChI is InChI=1S/C13H9.3CO.Cr/c1-3-7-12-10(5-1)9-11-6-2-4-8-13(11)12;3*1-2;/h1-5,7-8H,9H2;;;;/q-1;;;;. The van der Waals surface area contributed by atoms with Gasteiger partial charge in [-0.05, 0) is 6.42 Å². The molecule has 3 rings (SSSR count). The van der Waals surface area contributed by atoms with Crippen LogP contribution in [0.3, 0.4) is 0 Å². The molecule has 0 fully saturated rings. The van der Waals surface area contributed by atoms with Gasteiger partial charge in [-0.1, -0.05) is 35.4 Å². The maximum Gasteiger partial charge on any atom is -0.0253 e. The molecular formula is C16H9CrO3-. The molecule has 1 aliphatic rings. The number of carbonyl (C=O) groups excluding carboxylic acids is 3. The number of hydrogen-bond acceptors (Lipinski definition) is 3. The molecule has 0 unspecified atom stereocenters. The molecule has 2 aromatic carbocycles. The summed E-state index contributed by atoms with van der Waals surface area (Å²) in [6.07, 6.45) is 1.05. The first-order valence-electron chi connectivity index (χ1n) is 5.75. The molecule has 0 heterocycles. The minimum Gasteiger partial charge on any atom is -0.179 e. The third-order valence-electron chi connectivity index (χ3n) is 2.87. The summed E-state index contributed by atoms with van der Waals surface area (Å²) in [5, 5.41) is 0. The van der Waals surface area contributed by atoms with Crippen LogP contribution in [-0.2, 0) is 33.6 Å². The zero-order valence-corrected chi connectivity index (χ0v) is 11.7. The van der Waals surface area contributed by atoms with E-state index in [1.807, 2.05) is 6.07 Å². The molecule has 4 heteroatoms. The Morgan fingerprint density at radius 3 is 2.20 bits per heavy atom. The molecule has 0 atom stereocenters. The summed E-state index contributed by atoms with van der Waals surface area (Å²) >= 11 is -2.47. The van der Waals surface area contributed by atoms with E-state index < -0.39 is 12.8 Å². The average molecular weight is 301 g/mol. The van der Waals surface area contributed by atoms with Crippen LogP contribution in [-0.4, -0.2) is 14.2 Å². The van der Waals surface area contributed by atoms with Crippen molar-refractivity contribution in [3.63, 3.8) is 0 Å². The summed E-state index contributed by atoms with van der Waals surface area (Å²) in [6.45, 7) is 0. The SMILES string of the molecule is O=[C]=[Cr](=[C]=O)=[C]=O.[c-]1cccc2c1Cc1ccccc1-2. The van der Waals surface area contributed by atoms with Gasteiger partial charge < -0.3 is 0 Å². The van der Waals surface area contributed by atoms with E-state index in [2.05, 4.69) is 42.5 Å². The minimum absolute atomic E-state index is 1.05. The van der Waals surface area contributed by atoms with Gasteiger partial charge in [-0.25, -0.2) is 0 Å². The van der Waals surface area contributed by atoms with E-state index in [0.29, 0.717) is 0 Å². The van der Waals surface area contributed by atoms with Gasteiger partial charge in [-0.15, -0.1) is 5.56 Å². The topological polar surface area (TPSA) is 51.2 Å². The first kappa shape index (κ1) is 14.1. The smallest absolute Gasteiger partial charge is 0.0253 e. The number of rotatable bonds is 0. The molecule has 0 saturated heterocycles. The van der Waals surface area contributed by atoms with Gasteiger partial charge in [0.15, 0.2) is 0 Å². The normalized spacial score (nSPS) is 9.80. The zero-order chi connectivity index (χ0) is 14.4. The number of fused-ring (bicyclic) bond motifs is 3. The van der Waals surface area contributed by atoms with Gasteiger partial charge in [0.05, 0.1) is 0 Å². The Kier molecular flexibility index (Phi) is 4.77. The summed E-state index contributed by atoms with van der Waals surface area (Å²) in [5.74, 6) is 0. The van der Waals surface area contributed by atoms with Gasteiger partial charge in [0, 0.05) is 0 Å². The van der Waals surface area contributed by atoms with Crippen molar-refractivity contribution in [2.75, 3.05) is 0 Å². The molecule has 0 aliphatic heterocycles. The molecule has 0 amide bonds. The number of hydrogen-bond donors (Lipinski definition) is 0. The van der Waals surface area contributed by atoms with Gasteiger partial charge in [0.25, 0.3) is 0 Å². The van der Waals surface area contributed by atoms with E-state index in [1.54, 1.807) is 0 Å². The largest absolute Gasteiger partial charge is 0.179 e. The molecule has 2 aromatic rings. The van der Waals surface area contributed by atoms with Crippen molar-refractivity contribution in [1.29, 1.82) is 0 Å². The van der Waals surface area contributed by atoms with Crippen molar-refractivity contribution in [1.82, 2.24) is 0 Å². The predicted molar refractivity (Wildman–Crippen MR) is 70.6 cm³/mol. The van der Waals surface area contributed by atoms with Crippen LogP contribution in [0.1, 0.15) is 11.1 Å². The van der Waals surface area contributed by atoms with Crippen LogP contribution >= 0.6 is 0 Å². The predicted octanol–water partition coefficient (Wildman–Crippen LogP) is 1.86. The summed E-state index contributed by atoms with van der Waals surface area (Å²) in [5.41, 5.74) is 5.51. The number of benzene rings is 2. The molecule has 0 saturated carbocycles. The fourth-order valence-corrected chi connectivity index (χ4v) is 2.21. The molecule has 0 N–H and O–H groups in total. The molecule has 0 bridgehead atoms. The molecule has 0 radical (unpaired) electrons. The summed E-state index contributed by atoms with van der Waals surface area (Å²) < 4.78 is 3.69. The second-order valence-electron chi connectivity index (χ2n) is 3.95. The van der Waals surface area contributed by atoms with Crippen LogP contribution in [0.4, 0.5) is 0 Å². The second-order valence-corrected chi connectivity index (χ2v) is 5.69. The molecule has 1 aliphatic carbocycles. The summed E-state index contributed by atoms with van der Waals surface area (Å²) in [7, 11) is 0. The van der Waals surface area contributed by atoms with Crippen molar-refractivity contribution >= 4 is 14.2 Å². The van der Waals surface area contributed by atoms with E-state index in [0.717, 1.165) is 6.42 Å². The molecular weight excluding hydrogens is 292 g/mol. The molecule has 3 nitrogen and oxygen atoms in total. The van der Waals surface area contributed by atoms with Crippen molar-refractivity contribution in [2.24, 2.45) is 0 Å². The van der Waals surface area contributed by atoms with Crippen molar-refractivity contribution in [2.45, 2.75) is 6.42 Å². The quantitative estimate of drug-likeness (QED) is 0.596. The average Bonchev–Trinajstić information content (AvgIpc) is 2.88. The molecule has 0 aromatic heterocycles. The van der Waals surface area contributed by atoms with Gasteiger partial charge in [0.2, 0.25) is 0 Å². The van der Waals surface area contributed by atoms with Crippen LogP contribution in [0.5, 0.6) is 0 Å². The van der Waals surface area contributed by atoms with Gasteiger partial charge in [-0.3, -0.25) is 0 Å². The first-order valence-corrected chi connectivity index (χ1v) is 7.67. The fourth-order valence-electron chi connectivity index (χ4n) is 2.05. The van der Waals surface area contributed by atoms with E-state index in [4.69, 9.17) is 0 Å². The Labute approximate surface area is 119 Å². The molecule has 0 spiro atoms. The Bertz CT molecular complexity index is 773. The Balaban J connectivity index is 0.000000182. The van der Waals surface area contributed by atoms with Gasteiger partial charge >= 0.3 is 41.5 Å². The minimum atomic E-state index is -2.47. The Hall–Kier alpha value is -2.29. The van der Waals surface area contributed by atoms with E-state index in [-0.39, 0.29) is 0 Å². The molecule has 20 heavy (non-hydrogen) atoms. The summed E-state index contributed by atoms with van der Waals surface area (Å²) in [4.78, 5) is 28.1. The van der Waals surface area contributed by atoms with E-state index >= 15 is 0 Å². The zero-order valence-electron chi connectivity index (χ0n) is 10.4. The van der Waals surface area contributed by atoms with Crippen LogP contribution in [0.15, 0.2) is 42.5 Å². The van der Waals surface area contributed by atoms with Gasteiger partial charge in [-0.2, -0.15) is 29.8 Å². The summed E-state index contributed by atoms with van der Waals surface area (Å²) in [6, 6.07) is 18.1. The van der Waals surface area contributed by atoms with E-state index in [1.165, 1.54) is 36.5 Å². The maximum absolute atomic E-state index is 9.37. The Morgan fingerprint density at radius 1 is 0.900 bits per heavy atom. The third kappa shape index (κ3) is 2.99. The van der Waals surface area contributed by atoms with Crippen molar-refractivity contribution < 1.29 is 27.2 Å². The van der Waals surface area contributed by atoms with Gasteiger partial charge in [0.1, 0.15) is 0 Å². The van der Waals surface area contributed by atoms with E-state index in [9.17, 15) is 14.4 Å². The third-order valence-corrected chi connectivity index (χ3v) is 3.65. The van der Waals surface area contributed by atoms with Crippen LogP contribution in [0.25, 0.3) is 11.1 Å². The second kappa shape index (κ2) is 6.76. The fraction of sp³-hybridized carbons (Fsp3) is 0.0625. The maximum atomic E-state index is 9.37.